The van der Waals surface area contributed by atoms with Crippen molar-refractivity contribution in [2.75, 3.05) is 13.1 Å². The van der Waals surface area contributed by atoms with Crippen LogP contribution in [0.15, 0.2) is 35.4 Å². The number of likely N-dealkylation sites (tertiary alicyclic amines) is 1. The van der Waals surface area contributed by atoms with E-state index >= 15 is 0 Å². The van der Waals surface area contributed by atoms with E-state index < -0.39 is 17.3 Å². The van der Waals surface area contributed by atoms with Gasteiger partial charge in [0.15, 0.2) is 5.52 Å². The predicted octanol–water partition coefficient (Wildman–Crippen LogP) is 2.98. The number of aryl methyl sites for hydroxylation is 1. The molecule has 11 nitrogen and oxygen atoms in total. The minimum atomic E-state index is -1.10. The van der Waals surface area contributed by atoms with Gasteiger partial charge in [-0.1, -0.05) is 31.2 Å². The maximum absolute atomic E-state index is 13.4. The van der Waals surface area contributed by atoms with E-state index in [9.17, 15) is 19.5 Å². The average Bonchev–Trinajstić information content (AvgIpc) is 3.55. The number of aliphatic hydroxyl groups is 1. The molecule has 2 aromatic heterocycles. The van der Waals surface area contributed by atoms with Crippen LogP contribution in [-0.4, -0.2) is 65.6 Å². The first-order chi connectivity index (χ1) is 18.8. The summed E-state index contributed by atoms with van der Waals surface area (Å²) in [6.45, 7) is 8.80. The molecule has 0 spiro atoms. The number of hydrogen-bond acceptors (Lipinski definition) is 7. The maximum Gasteiger partial charge on any atom is 0.407 e. The number of piperidine rings is 1. The van der Waals surface area contributed by atoms with Crippen LogP contribution in [0.4, 0.5) is 4.79 Å². The highest BCUT2D eigenvalue weighted by molar-refractivity contribution is 5.89. The molecule has 5 rings (SSSR count). The molecule has 11 heteroatoms. The number of fused-ring (bicyclic) bond motifs is 1. The van der Waals surface area contributed by atoms with Gasteiger partial charge in [0.1, 0.15) is 11.1 Å². The van der Waals surface area contributed by atoms with Crippen molar-refractivity contribution in [3.8, 4) is 11.3 Å². The van der Waals surface area contributed by atoms with Crippen LogP contribution in [-0.2, 0) is 29.7 Å². The maximum atomic E-state index is 13.4. The average molecular weight is 551 g/mol. The van der Waals surface area contributed by atoms with Crippen molar-refractivity contribution in [2.24, 2.45) is 12.5 Å². The van der Waals surface area contributed by atoms with Gasteiger partial charge in [0.2, 0.25) is 5.91 Å². The Hall–Kier alpha value is -3.73. The molecule has 0 unspecified atom stereocenters. The summed E-state index contributed by atoms with van der Waals surface area (Å²) < 4.78 is 8.33. The van der Waals surface area contributed by atoms with E-state index in [1.54, 1.807) is 11.7 Å². The van der Waals surface area contributed by atoms with Gasteiger partial charge in [-0.15, -0.1) is 0 Å². The molecular formula is C29H38N6O5. The number of alkyl carbamates (subject to hydrolysis) is 1. The molecule has 2 aliphatic rings. The molecule has 0 bridgehead atoms. The van der Waals surface area contributed by atoms with Crippen LogP contribution >= 0.6 is 0 Å². The van der Waals surface area contributed by atoms with Crippen molar-refractivity contribution in [1.82, 2.24) is 29.5 Å². The molecule has 0 radical (unpaired) electrons. The SMILES string of the molecule is Cn1nc2c(=O)n(CC3(O)CCN(C(=O)C4(C)CC4)CC3)cnc2c1-c1ccc(CNC(=O)OC(C)(C)C)cc1. The number of nitrogens with one attached hydrogen (secondary N) is 1. The molecule has 1 aliphatic heterocycles. The summed E-state index contributed by atoms with van der Waals surface area (Å²) in [5, 5.41) is 18.5. The Bertz CT molecular complexity index is 1490. The fraction of sp³-hybridized carbons (Fsp3) is 0.552. The van der Waals surface area contributed by atoms with Crippen molar-refractivity contribution in [1.29, 1.82) is 0 Å². The number of benzene rings is 1. The minimum Gasteiger partial charge on any atom is -0.444 e. The van der Waals surface area contributed by atoms with Gasteiger partial charge in [-0.05, 0) is 52.0 Å². The van der Waals surface area contributed by atoms with Crippen molar-refractivity contribution in [3.63, 3.8) is 0 Å². The Kier molecular flexibility index (Phi) is 6.98. The summed E-state index contributed by atoms with van der Waals surface area (Å²) in [7, 11) is 1.76. The van der Waals surface area contributed by atoms with Crippen LogP contribution in [0.1, 0.15) is 58.9 Å². The molecule has 3 heterocycles. The normalized spacial score (nSPS) is 18.0. The second-order valence-electron chi connectivity index (χ2n) is 12.5. The van der Waals surface area contributed by atoms with E-state index in [0.29, 0.717) is 43.7 Å². The third kappa shape index (κ3) is 5.74. The van der Waals surface area contributed by atoms with Gasteiger partial charge in [0.05, 0.1) is 24.2 Å². The molecule has 1 aliphatic carbocycles. The van der Waals surface area contributed by atoms with Gasteiger partial charge < -0.3 is 20.1 Å². The van der Waals surface area contributed by atoms with Crippen LogP contribution in [0.2, 0.25) is 0 Å². The van der Waals surface area contributed by atoms with Crippen LogP contribution in [0.25, 0.3) is 22.3 Å². The molecule has 0 atom stereocenters. The Morgan fingerprint density at radius 3 is 2.33 bits per heavy atom. The molecule has 2 fully saturated rings. The first-order valence-corrected chi connectivity index (χ1v) is 13.8. The van der Waals surface area contributed by atoms with E-state index in [2.05, 4.69) is 15.4 Å². The van der Waals surface area contributed by atoms with Crippen molar-refractivity contribution >= 4 is 23.0 Å². The lowest BCUT2D eigenvalue weighted by molar-refractivity contribution is -0.141. The van der Waals surface area contributed by atoms with Crippen molar-refractivity contribution in [2.45, 2.75) is 77.7 Å². The van der Waals surface area contributed by atoms with Crippen molar-refractivity contribution in [3.05, 3.63) is 46.5 Å². The summed E-state index contributed by atoms with van der Waals surface area (Å²) in [5.41, 5.74) is 0.925. The monoisotopic (exact) mass is 550 g/mol. The summed E-state index contributed by atoms with van der Waals surface area (Å²) in [6.07, 6.45) is 3.65. The Morgan fingerprint density at radius 2 is 1.73 bits per heavy atom. The van der Waals surface area contributed by atoms with Crippen LogP contribution in [0, 0.1) is 5.41 Å². The smallest absolute Gasteiger partial charge is 0.407 e. The van der Waals surface area contributed by atoms with Crippen LogP contribution in [0.5, 0.6) is 0 Å². The lowest BCUT2D eigenvalue weighted by Crippen LogP contribution is -2.51. The Balaban J connectivity index is 1.28. The third-order valence-electron chi connectivity index (χ3n) is 7.84. The van der Waals surface area contributed by atoms with Gasteiger partial charge in [-0.25, -0.2) is 9.78 Å². The largest absolute Gasteiger partial charge is 0.444 e. The molecule has 1 saturated carbocycles. The van der Waals surface area contributed by atoms with E-state index in [4.69, 9.17) is 4.74 Å². The highest BCUT2D eigenvalue weighted by Crippen LogP contribution is 2.47. The van der Waals surface area contributed by atoms with E-state index in [1.807, 2.05) is 56.9 Å². The molecule has 2 N–H and O–H groups in total. The predicted molar refractivity (Wildman–Crippen MR) is 149 cm³/mol. The first-order valence-electron chi connectivity index (χ1n) is 13.8. The van der Waals surface area contributed by atoms with E-state index in [0.717, 1.165) is 24.0 Å². The molecule has 214 valence electrons. The minimum absolute atomic E-state index is 0.0966. The number of carbonyl (C=O) groups excluding carboxylic acids is 2. The molecule has 40 heavy (non-hydrogen) atoms. The molecule has 2 amide bonds. The molecule has 1 saturated heterocycles. The lowest BCUT2D eigenvalue weighted by Gasteiger charge is -2.39. The fourth-order valence-electron chi connectivity index (χ4n) is 5.18. The van der Waals surface area contributed by atoms with Gasteiger partial charge >= 0.3 is 6.09 Å². The number of carbonyl (C=O) groups is 2. The van der Waals surface area contributed by atoms with Gasteiger partial charge in [0, 0.05) is 37.7 Å². The summed E-state index contributed by atoms with van der Waals surface area (Å²) in [6, 6.07) is 7.58. The number of aromatic nitrogens is 4. The van der Waals surface area contributed by atoms with Crippen LogP contribution < -0.4 is 10.9 Å². The lowest BCUT2D eigenvalue weighted by atomic mass is 9.90. The highest BCUT2D eigenvalue weighted by atomic mass is 16.6. The highest BCUT2D eigenvalue weighted by Gasteiger charge is 2.48. The summed E-state index contributed by atoms with van der Waals surface area (Å²) in [5.74, 6) is 0.170. The second-order valence-corrected chi connectivity index (χ2v) is 12.5. The zero-order valence-corrected chi connectivity index (χ0v) is 23.9. The third-order valence-corrected chi connectivity index (χ3v) is 7.84. The number of rotatable bonds is 6. The zero-order valence-electron chi connectivity index (χ0n) is 23.9. The Morgan fingerprint density at radius 1 is 1.07 bits per heavy atom. The fourth-order valence-corrected chi connectivity index (χ4v) is 5.18. The second kappa shape index (κ2) is 10.0. The first kappa shape index (κ1) is 27.8. The molecular weight excluding hydrogens is 512 g/mol. The number of amides is 2. The topological polar surface area (TPSA) is 132 Å². The molecule has 1 aromatic carbocycles. The zero-order chi connectivity index (χ0) is 28.9. The summed E-state index contributed by atoms with van der Waals surface area (Å²) in [4.78, 5) is 44.4. The standard InChI is InChI=1S/C29H38N6O5/c1-27(2,3)40-26(38)30-16-19-6-8-20(9-7-19)23-21-22(32-33(23)5)24(36)35(18-31-21)17-29(39)12-14-34(15-13-29)25(37)28(4)10-11-28/h6-9,18,39H,10-17H2,1-5H3,(H,30,38). The number of hydrogen-bond donors (Lipinski definition) is 2. The van der Waals surface area contributed by atoms with Gasteiger partial charge in [0.25, 0.3) is 5.56 Å². The van der Waals surface area contributed by atoms with Crippen LogP contribution in [0.3, 0.4) is 0 Å². The van der Waals surface area contributed by atoms with E-state index in [1.165, 1.54) is 10.9 Å². The van der Waals surface area contributed by atoms with E-state index in [-0.39, 0.29) is 28.9 Å². The number of nitrogens with zero attached hydrogens (tertiary/aromatic N) is 5. The number of ether oxygens (including phenoxy) is 1. The quantitative estimate of drug-likeness (QED) is 0.482. The van der Waals surface area contributed by atoms with Gasteiger partial charge in [-0.2, -0.15) is 5.10 Å². The van der Waals surface area contributed by atoms with Gasteiger partial charge in [-0.3, -0.25) is 18.8 Å². The summed E-state index contributed by atoms with van der Waals surface area (Å²) >= 11 is 0. The Labute approximate surface area is 233 Å². The molecule has 3 aromatic rings. The van der Waals surface area contributed by atoms with Crippen molar-refractivity contribution < 1.29 is 19.4 Å².